The molecule has 0 radical (unpaired) electrons. The molecule has 106 valence electrons. The van der Waals surface area contributed by atoms with Crippen molar-refractivity contribution in [3.8, 4) is 5.75 Å². The zero-order valence-electron chi connectivity index (χ0n) is 11.3. The summed E-state index contributed by atoms with van der Waals surface area (Å²) in [5.74, 6) is 0.653. The number of nitrogens with one attached hydrogen (secondary N) is 1. The van der Waals surface area contributed by atoms with E-state index in [0.717, 1.165) is 25.9 Å². The van der Waals surface area contributed by atoms with Crippen molar-refractivity contribution in [2.24, 2.45) is 0 Å². The molecule has 0 unspecified atom stereocenters. The van der Waals surface area contributed by atoms with Crippen molar-refractivity contribution in [3.63, 3.8) is 0 Å². The van der Waals surface area contributed by atoms with Gasteiger partial charge in [-0.25, -0.2) is 8.42 Å². The van der Waals surface area contributed by atoms with Crippen molar-refractivity contribution in [2.45, 2.75) is 37.2 Å². The monoisotopic (exact) mass is 283 g/mol. The summed E-state index contributed by atoms with van der Waals surface area (Å²) in [6.07, 6.45) is 2.71. The molecule has 1 aliphatic heterocycles. The molecule has 0 spiro atoms. The molecule has 5 heteroatoms. The molecule has 19 heavy (non-hydrogen) atoms. The number of benzene rings is 1. The number of piperidine rings is 1. The minimum absolute atomic E-state index is 0.0618. The van der Waals surface area contributed by atoms with Gasteiger partial charge in [0.25, 0.3) is 0 Å². The SMILES string of the molecule is CCCS(=O)(=O)c1ccccc1O[C@H]1CCCNC1. The van der Waals surface area contributed by atoms with Gasteiger partial charge in [-0.3, -0.25) is 0 Å². The fourth-order valence-corrected chi connectivity index (χ4v) is 3.75. The van der Waals surface area contributed by atoms with Crippen LogP contribution in [0.3, 0.4) is 0 Å². The van der Waals surface area contributed by atoms with E-state index in [4.69, 9.17) is 4.74 Å². The van der Waals surface area contributed by atoms with Gasteiger partial charge < -0.3 is 10.1 Å². The van der Waals surface area contributed by atoms with Crippen LogP contribution in [0.2, 0.25) is 0 Å². The van der Waals surface area contributed by atoms with Crippen LogP contribution in [0.25, 0.3) is 0 Å². The molecule has 0 saturated carbocycles. The fraction of sp³-hybridized carbons (Fsp3) is 0.571. The van der Waals surface area contributed by atoms with Crippen molar-refractivity contribution in [2.75, 3.05) is 18.8 Å². The van der Waals surface area contributed by atoms with Gasteiger partial charge in [0.1, 0.15) is 16.7 Å². The molecule has 0 aromatic heterocycles. The summed E-state index contributed by atoms with van der Waals surface area (Å²) in [6, 6.07) is 6.94. The average molecular weight is 283 g/mol. The van der Waals surface area contributed by atoms with Crippen molar-refractivity contribution in [3.05, 3.63) is 24.3 Å². The maximum atomic E-state index is 12.2. The number of hydrogen-bond donors (Lipinski definition) is 1. The van der Waals surface area contributed by atoms with Gasteiger partial charge in [0, 0.05) is 6.54 Å². The van der Waals surface area contributed by atoms with E-state index in [9.17, 15) is 8.42 Å². The number of hydrogen-bond acceptors (Lipinski definition) is 4. The number of ether oxygens (including phenoxy) is 1. The van der Waals surface area contributed by atoms with E-state index >= 15 is 0 Å². The Morgan fingerprint density at radius 3 is 2.84 bits per heavy atom. The standard InChI is InChI=1S/C14H21NO3S/c1-2-10-19(16,17)14-8-4-3-7-13(14)18-12-6-5-9-15-11-12/h3-4,7-8,12,15H,2,5-6,9-11H2,1H3/t12-/m0/s1. The molecule has 1 N–H and O–H groups in total. The van der Waals surface area contributed by atoms with E-state index in [0.29, 0.717) is 17.1 Å². The van der Waals surface area contributed by atoms with Gasteiger partial charge in [0.2, 0.25) is 0 Å². The first-order chi connectivity index (χ1) is 9.13. The second kappa shape index (κ2) is 6.39. The summed E-state index contributed by atoms with van der Waals surface area (Å²) in [6.45, 7) is 3.66. The quantitative estimate of drug-likeness (QED) is 0.898. The van der Waals surface area contributed by atoms with Crippen LogP contribution in [0.5, 0.6) is 5.75 Å². The molecule has 1 aromatic rings. The third-order valence-corrected chi connectivity index (χ3v) is 5.16. The molecule has 2 rings (SSSR count). The Kier molecular flexibility index (Phi) is 4.82. The van der Waals surface area contributed by atoms with E-state index in [2.05, 4.69) is 5.32 Å². The Morgan fingerprint density at radius 1 is 1.37 bits per heavy atom. The summed E-state index contributed by atoms with van der Waals surface area (Å²) in [5.41, 5.74) is 0. The van der Waals surface area contributed by atoms with E-state index < -0.39 is 9.84 Å². The zero-order valence-corrected chi connectivity index (χ0v) is 12.1. The molecule has 0 bridgehead atoms. The van der Waals surface area contributed by atoms with Crippen LogP contribution in [0.15, 0.2) is 29.2 Å². The number of sulfone groups is 1. The maximum absolute atomic E-state index is 12.2. The van der Waals surface area contributed by atoms with Crippen LogP contribution in [-0.2, 0) is 9.84 Å². The van der Waals surface area contributed by atoms with Crippen LogP contribution in [0.1, 0.15) is 26.2 Å². The predicted octanol–water partition coefficient (Wildman–Crippen LogP) is 2.00. The predicted molar refractivity (Wildman–Crippen MR) is 75.3 cm³/mol. The lowest BCUT2D eigenvalue weighted by Crippen LogP contribution is -2.37. The summed E-state index contributed by atoms with van der Waals surface area (Å²) in [7, 11) is -3.24. The van der Waals surface area contributed by atoms with Crippen LogP contribution >= 0.6 is 0 Å². The summed E-state index contributed by atoms with van der Waals surface area (Å²) in [4.78, 5) is 0.322. The average Bonchev–Trinajstić information content (AvgIpc) is 2.40. The maximum Gasteiger partial charge on any atom is 0.182 e. The summed E-state index contributed by atoms with van der Waals surface area (Å²) < 4.78 is 30.3. The lowest BCUT2D eigenvalue weighted by atomic mass is 10.1. The highest BCUT2D eigenvalue weighted by atomic mass is 32.2. The fourth-order valence-electron chi connectivity index (χ4n) is 2.28. The van der Waals surface area contributed by atoms with Gasteiger partial charge in [0.15, 0.2) is 9.84 Å². The normalized spacial score (nSPS) is 20.2. The smallest absolute Gasteiger partial charge is 0.182 e. The first-order valence-electron chi connectivity index (χ1n) is 6.82. The van der Waals surface area contributed by atoms with Gasteiger partial charge in [-0.2, -0.15) is 0 Å². The summed E-state index contributed by atoms with van der Waals surface area (Å²) in [5, 5.41) is 3.26. The Morgan fingerprint density at radius 2 is 2.16 bits per heavy atom. The molecule has 4 nitrogen and oxygen atoms in total. The highest BCUT2D eigenvalue weighted by molar-refractivity contribution is 7.91. The van der Waals surface area contributed by atoms with Gasteiger partial charge in [-0.05, 0) is 37.9 Å². The van der Waals surface area contributed by atoms with Gasteiger partial charge in [-0.15, -0.1) is 0 Å². The van der Waals surface area contributed by atoms with E-state index in [1.807, 2.05) is 13.0 Å². The lowest BCUT2D eigenvalue weighted by Gasteiger charge is -2.25. The number of para-hydroxylation sites is 1. The van der Waals surface area contributed by atoms with Crippen LogP contribution in [0.4, 0.5) is 0 Å². The molecule has 1 saturated heterocycles. The second-order valence-electron chi connectivity index (χ2n) is 4.85. The van der Waals surface area contributed by atoms with E-state index in [1.165, 1.54) is 0 Å². The van der Waals surface area contributed by atoms with Crippen molar-refractivity contribution in [1.29, 1.82) is 0 Å². The molecule has 0 aliphatic carbocycles. The Bertz CT molecular complexity index is 507. The highest BCUT2D eigenvalue weighted by Crippen LogP contribution is 2.26. The van der Waals surface area contributed by atoms with E-state index in [1.54, 1.807) is 18.2 Å². The van der Waals surface area contributed by atoms with Crippen molar-refractivity contribution >= 4 is 9.84 Å². The molecule has 1 fully saturated rings. The molecular formula is C14H21NO3S. The van der Waals surface area contributed by atoms with Crippen molar-refractivity contribution in [1.82, 2.24) is 5.32 Å². The van der Waals surface area contributed by atoms with Gasteiger partial charge in [-0.1, -0.05) is 19.1 Å². The molecule has 1 atom stereocenters. The zero-order chi connectivity index (χ0) is 13.7. The highest BCUT2D eigenvalue weighted by Gasteiger charge is 2.21. The lowest BCUT2D eigenvalue weighted by molar-refractivity contribution is 0.163. The largest absolute Gasteiger partial charge is 0.488 e. The number of rotatable bonds is 5. The van der Waals surface area contributed by atoms with Gasteiger partial charge in [0.05, 0.1) is 5.75 Å². The first kappa shape index (κ1) is 14.3. The van der Waals surface area contributed by atoms with Crippen molar-refractivity contribution < 1.29 is 13.2 Å². The molecule has 1 aromatic carbocycles. The molecule has 1 heterocycles. The van der Waals surface area contributed by atoms with Crippen LogP contribution in [-0.4, -0.2) is 33.4 Å². The topological polar surface area (TPSA) is 55.4 Å². The molecule has 0 amide bonds. The second-order valence-corrected chi connectivity index (χ2v) is 6.93. The molecule has 1 aliphatic rings. The minimum atomic E-state index is -3.24. The Balaban J connectivity index is 2.20. The third kappa shape index (κ3) is 3.70. The first-order valence-corrected chi connectivity index (χ1v) is 8.48. The summed E-state index contributed by atoms with van der Waals surface area (Å²) >= 11 is 0. The van der Waals surface area contributed by atoms with Gasteiger partial charge >= 0.3 is 0 Å². The Labute approximate surface area is 115 Å². The van der Waals surface area contributed by atoms with Crippen LogP contribution < -0.4 is 10.1 Å². The van der Waals surface area contributed by atoms with E-state index in [-0.39, 0.29) is 11.9 Å². The minimum Gasteiger partial charge on any atom is -0.488 e. The molecular weight excluding hydrogens is 262 g/mol. The Hall–Kier alpha value is -1.07. The van der Waals surface area contributed by atoms with Crippen LogP contribution in [0, 0.1) is 0 Å². The third-order valence-electron chi connectivity index (χ3n) is 3.20.